The standard InChI is InChI=1S/C26H29N7O2/c1-4-18-14-24(35)33-9-5-6-23(34)29-21-15-19(28-26-27-16-20(18)25(33)30-26)7-8-22(21)32-12-10-31(11-13-32)17(2)3/h1,7-8,14-17H,5-6,9-13H2,2-3H3,(H,29,34)(H,27,28,30). The lowest BCUT2D eigenvalue weighted by molar-refractivity contribution is -0.116. The van der Waals surface area contributed by atoms with E-state index in [2.05, 4.69) is 50.2 Å². The van der Waals surface area contributed by atoms with E-state index < -0.39 is 0 Å². The van der Waals surface area contributed by atoms with Crippen molar-refractivity contribution in [3.05, 3.63) is 46.4 Å². The van der Waals surface area contributed by atoms with E-state index in [1.165, 1.54) is 6.07 Å². The van der Waals surface area contributed by atoms with E-state index >= 15 is 0 Å². The van der Waals surface area contributed by atoms with Crippen molar-refractivity contribution in [3.63, 3.8) is 0 Å². The van der Waals surface area contributed by atoms with Gasteiger partial charge >= 0.3 is 0 Å². The third kappa shape index (κ3) is 4.57. The third-order valence-corrected chi connectivity index (χ3v) is 6.70. The van der Waals surface area contributed by atoms with Crippen molar-refractivity contribution in [2.24, 2.45) is 0 Å². The Labute approximate surface area is 204 Å². The highest BCUT2D eigenvalue weighted by Gasteiger charge is 2.22. The van der Waals surface area contributed by atoms with Gasteiger partial charge in [0.05, 0.1) is 16.8 Å². The number of aryl methyl sites for hydroxylation is 1. The van der Waals surface area contributed by atoms with Gasteiger partial charge in [-0.15, -0.1) is 6.42 Å². The number of hydrogen-bond donors (Lipinski definition) is 2. The third-order valence-electron chi connectivity index (χ3n) is 6.70. The number of rotatable bonds is 2. The molecule has 5 rings (SSSR count). The van der Waals surface area contributed by atoms with Crippen LogP contribution in [0.1, 0.15) is 32.3 Å². The topological polar surface area (TPSA) is 95.4 Å². The van der Waals surface area contributed by atoms with E-state index in [1.807, 2.05) is 18.2 Å². The molecule has 0 atom stereocenters. The summed E-state index contributed by atoms with van der Waals surface area (Å²) < 4.78 is 1.56. The van der Waals surface area contributed by atoms with E-state index in [1.54, 1.807) is 10.8 Å². The van der Waals surface area contributed by atoms with Gasteiger partial charge in [0.1, 0.15) is 5.65 Å². The quantitative estimate of drug-likeness (QED) is 0.555. The van der Waals surface area contributed by atoms with Gasteiger partial charge in [-0.05, 0) is 38.5 Å². The number of piperazine rings is 1. The number of hydrogen-bond acceptors (Lipinski definition) is 7. The van der Waals surface area contributed by atoms with Crippen LogP contribution in [0.15, 0.2) is 35.3 Å². The lowest BCUT2D eigenvalue weighted by atomic mass is 10.1. The van der Waals surface area contributed by atoms with Crippen molar-refractivity contribution in [2.75, 3.05) is 41.7 Å². The number of nitrogens with zero attached hydrogens (tertiary/aromatic N) is 5. The molecule has 4 heterocycles. The second-order valence-electron chi connectivity index (χ2n) is 9.25. The summed E-state index contributed by atoms with van der Waals surface area (Å²) in [5.74, 6) is 2.81. The summed E-state index contributed by atoms with van der Waals surface area (Å²) in [5.41, 5.74) is 3.17. The van der Waals surface area contributed by atoms with Gasteiger partial charge in [-0.25, -0.2) is 4.98 Å². The van der Waals surface area contributed by atoms with Crippen molar-refractivity contribution < 1.29 is 4.79 Å². The smallest absolute Gasteiger partial charge is 0.253 e. The number of benzene rings is 1. The fraction of sp³-hybridized carbons (Fsp3) is 0.385. The fourth-order valence-electron chi connectivity index (χ4n) is 4.76. The zero-order valence-electron chi connectivity index (χ0n) is 20.0. The highest BCUT2D eigenvalue weighted by Crippen LogP contribution is 2.32. The minimum atomic E-state index is -0.242. The average Bonchev–Trinajstić information content (AvgIpc) is 2.85. The van der Waals surface area contributed by atoms with Gasteiger partial charge in [0.25, 0.3) is 5.56 Å². The molecule has 1 saturated heterocycles. The number of nitrogens with one attached hydrogen (secondary N) is 2. The Morgan fingerprint density at radius 2 is 1.86 bits per heavy atom. The van der Waals surface area contributed by atoms with Crippen LogP contribution in [0.3, 0.4) is 0 Å². The van der Waals surface area contributed by atoms with Crippen molar-refractivity contribution in [1.29, 1.82) is 0 Å². The highest BCUT2D eigenvalue weighted by molar-refractivity contribution is 5.95. The molecule has 1 aromatic carbocycles. The molecule has 2 N–H and O–H groups in total. The summed E-state index contributed by atoms with van der Waals surface area (Å²) in [6, 6.07) is 7.83. The number of carbonyl (C=O) groups is 1. The molecule has 9 heteroatoms. The monoisotopic (exact) mass is 471 g/mol. The fourth-order valence-corrected chi connectivity index (χ4v) is 4.76. The van der Waals surface area contributed by atoms with Crippen molar-refractivity contribution in [1.82, 2.24) is 19.4 Å². The number of anilines is 4. The number of aromatic nitrogens is 3. The van der Waals surface area contributed by atoms with Crippen LogP contribution in [-0.4, -0.2) is 57.6 Å². The summed E-state index contributed by atoms with van der Waals surface area (Å²) in [7, 11) is 0. The Kier molecular flexibility index (Phi) is 6.14. The van der Waals surface area contributed by atoms with Gasteiger partial charge in [-0.2, -0.15) is 4.98 Å². The SMILES string of the molecule is C#Cc1cc(=O)n2c3nc(ncc13)Nc1ccc(N3CCN(C(C)C)CC3)c(c1)NC(=O)CCC2. The van der Waals surface area contributed by atoms with Gasteiger partial charge in [0.15, 0.2) is 0 Å². The number of fused-ring (bicyclic) bond motifs is 3. The van der Waals surface area contributed by atoms with Crippen LogP contribution in [0.4, 0.5) is 23.0 Å². The maximum Gasteiger partial charge on any atom is 0.253 e. The first-order chi connectivity index (χ1) is 16.9. The second-order valence-corrected chi connectivity index (χ2v) is 9.25. The molecule has 9 nitrogen and oxygen atoms in total. The van der Waals surface area contributed by atoms with Crippen molar-refractivity contribution >= 4 is 40.0 Å². The minimum Gasteiger partial charge on any atom is -0.367 e. The summed E-state index contributed by atoms with van der Waals surface area (Å²) >= 11 is 0. The van der Waals surface area contributed by atoms with Crippen LogP contribution >= 0.6 is 0 Å². The Hall–Kier alpha value is -3.90. The average molecular weight is 472 g/mol. The molecule has 0 aliphatic carbocycles. The lowest BCUT2D eigenvalue weighted by Crippen LogP contribution is -2.49. The first kappa shape index (κ1) is 22.9. The van der Waals surface area contributed by atoms with Crippen molar-refractivity contribution in [2.45, 2.75) is 39.3 Å². The number of amides is 1. The van der Waals surface area contributed by atoms with Crippen LogP contribution in [-0.2, 0) is 11.3 Å². The number of terminal acetylenes is 1. The normalized spacial score (nSPS) is 16.7. The summed E-state index contributed by atoms with van der Waals surface area (Å²) in [5, 5.41) is 6.95. The zero-order valence-corrected chi connectivity index (χ0v) is 20.0. The maximum atomic E-state index is 12.9. The molecule has 2 aliphatic heterocycles. The predicted octanol–water partition coefficient (Wildman–Crippen LogP) is 2.78. The summed E-state index contributed by atoms with van der Waals surface area (Å²) in [6.45, 7) is 8.52. The second kappa shape index (κ2) is 9.39. The van der Waals surface area contributed by atoms with E-state index in [9.17, 15) is 9.59 Å². The minimum absolute atomic E-state index is 0.0919. The Bertz CT molecular complexity index is 1380. The van der Waals surface area contributed by atoms with Gasteiger partial charge in [-0.1, -0.05) is 5.92 Å². The maximum absolute atomic E-state index is 12.9. The van der Waals surface area contributed by atoms with Crippen LogP contribution in [0.2, 0.25) is 0 Å². The summed E-state index contributed by atoms with van der Waals surface area (Å²) in [6.07, 6.45) is 8.02. The van der Waals surface area contributed by atoms with Crippen molar-refractivity contribution in [3.8, 4) is 12.3 Å². The molecular weight excluding hydrogens is 442 g/mol. The van der Waals surface area contributed by atoms with Gasteiger partial charge in [0, 0.05) is 68.7 Å². The van der Waals surface area contributed by atoms with Crippen LogP contribution in [0.25, 0.3) is 11.0 Å². The molecule has 0 unspecified atom stereocenters. The Morgan fingerprint density at radius 1 is 1.06 bits per heavy atom. The largest absolute Gasteiger partial charge is 0.367 e. The lowest BCUT2D eigenvalue weighted by Gasteiger charge is -2.38. The molecule has 35 heavy (non-hydrogen) atoms. The Morgan fingerprint density at radius 3 is 2.60 bits per heavy atom. The molecule has 4 bridgehead atoms. The highest BCUT2D eigenvalue weighted by atomic mass is 16.1. The molecular formula is C26H29N7O2. The van der Waals surface area contributed by atoms with Gasteiger partial charge in [-0.3, -0.25) is 19.1 Å². The van der Waals surface area contributed by atoms with E-state index in [0.29, 0.717) is 41.6 Å². The Balaban J connectivity index is 1.53. The molecule has 0 radical (unpaired) electrons. The van der Waals surface area contributed by atoms with Gasteiger partial charge in [0.2, 0.25) is 11.9 Å². The van der Waals surface area contributed by atoms with Crippen LogP contribution in [0.5, 0.6) is 0 Å². The molecule has 1 fully saturated rings. The predicted molar refractivity (Wildman–Crippen MR) is 138 cm³/mol. The summed E-state index contributed by atoms with van der Waals surface area (Å²) in [4.78, 5) is 39.5. The molecule has 180 valence electrons. The molecule has 3 aromatic rings. The molecule has 0 saturated carbocycles. The van der Waals surface area contributed by atoms with E-state index in [4.69, 9.17) is 6.42 Å². The zero-order chi connectivity index (χ0) is 24.5. The van der Waals surface area contributed by atoms with Crippen LogP contribution in [0, 0.1) is 12.3 Å². The molecule has 2 aromatic heterocycles. The number of carbonyl (C=O) groups excluding carboxylic acids is 1. The molecule has 1 amide bonds. The molecule has 0 spiro atoms. The first-order valence-electron chi connectivity index (χ1n) is 12.0. The molecule has 2 aliphatic rings. The first-order valence-corrected chi connectivity index (χ1v) is 12.0. The van der Waals surface area contributed by atoms with E-state index in [0.717, 1.165) is 43.2 Å². The van der Waals surface area contributed by atoms with Gasteiger partial charge < -0.3 is 15.5 Å². The van der Waals surface area contributed by atoms with E-state index in [-0.39, 0.29) is 17.9 Å². The van der Waals surface area contributed by atoms with Crippen LogP contribution < -0.4 is 21.1 Å². The number of pyridine rings is 1.